The van der Waals surface area contributed by atoms with Gasteiger partial charge in [0, 0.05) is 18.5 Å². The molecule has 3 atom stereocenters. The average Bonchev–Trinajstić information content (AvgIpc) is 3.10. The molecule has 3 aromatic carbocycles. The van der Waals surface area contributed by atoms with Crippen molar-refractivity contribution in [3.63, 3.8) is 0 Å². The third-order valence-corrected chi connectivity index (χ3v) is 10.4. The van der Waals surface area contributed by atoms with Crippen LogP contribution in [0.1, 0.15) is 62.1 Å². The van der Waals surface area contributed by atoms with Crippen molar-refractivity contribution in [1.82, 2.24) is 9.21 Å². The number of aliphatic hydroxyl groups is 2. The number of aliphatic hydroxyl groups excluding tert-OH is 2. The first-order valence-electron chi connectivity index (χ1n) is 16.2. The molecule has 48 heavy (non-hydrogen) atoms. The van der Waals surface area contributed by atoms with Gasteiger partial charge in [-0.15, -0.1) is 6.58 Å². The number of imide groups is 1. The van der Waals surface area contributed by atoms with Gasteiger partial charge in [-0.05, 0) is 60.4 Å². The Balaban J connectivity index is 1.85. The highest BCUT2D eigenvalue weighted by Crippen LogP contribution is 2.30. The Morgan fingerprint density at radius 3 is 1.92 bits per heavy atom. The maximum absolute atomic E-state index is 14.1. The molecule has 0 radical (unpaired) electrons. The summed E-state index contributed by atoms with van der Waals surface area (Å²) >= 11 is 0. The fraction of sp³-hybridized carbons (Fsp3) is 0.405. The molecule has 260 valence electrons. The number of benzene rings is 3. The van der Waals surface area contributed by atoms with E-state index in [1.54, 1.807) is 12.1 Å². The number of hydrogen-bond acceptors (Lipinski definition) is 8. The molecule has 2 amide bonds. The van der Waals surface area contributed by atoms with Crippen molar-refractivity contribution in [2.24, 2.45) is 11.7 Å². The van der Waals surface area contributed by atoms with Gasteiger partial charge >= 0.3 is 6.09 Å². The lowest BCUT2D eigenvalue weighted by Gasteiger charge is -2.33. The van der Waals surface area contributed by atoms with E-state index in [1.165, 1.54) is 29.6 Å². The van der Waals surface area contributed by atoms with Crippen LogP contribution in [0.2, 0.25) is 0 Å². The van der Waals surface area contributed by atoms with Gasteiger partial charge in [-0.2, -0.15) is 4.31 Å². The molecule has 0 saturated carbocycles. The summed E-state index contributed by atoms with van der Waals surface area (Å²) in [6, 6.07) is 22.0. The van der Waals surface area contributed by atoms with Gasteiger partial charge in [0.1, 0.15) is 0 Å². The van der Waals surface area contributed by atoms with Gasteiger partial charge in [0.25, 0.3) is 0 Å². The van der Waals surface area contributed by atoms with Crippen LogP contribution in [0.4, 0.5) is 4.79 Å². The number of carbonyl (C=O) groups excluding carboxylic acids is 2. The lowest BCUT2D eigenvalue weighted by Crippen LogP contribution is -2.53. The Bertz CT molecular complexity index is 1510. The Morgan fingerprint density at radius 1 is 0.896 bits per heavy atom. The summed E-state index contributed by atoms with van der Waals surface area (Å²) in [4.78, 5) is 28.3. The van der Waals surface area contributed by atoms with E-state index in [9.17, 15) is 28.2 Å². The quantitative estimate of drug-likeness (QED) is 0.158. The smallest absolute Gasteiger partial charge is 0.416 e. The van der Waals surface area contributed by atoms with Crippen molar-refractivity contribution in [2.45, 2.75) is 75.1 Å². The molecule has 11 heteroatoms. The molecule has 0 unspecified atom stereocenters. The minimum absolute atomic E-state index is 0.0636. The van der Waals surface area contributed by atoms with Crippen molar-refractivity contribution in [3.8, 4) is 0 Å². The van der Waals surface area contributed by atoms with Crippen molar-refractivity contribution < 1.29 is 33.0 Å². The number of ether oxygens (including phenoxy) is 1. The van der Waals surface area contributed by atoms with Crippen LogP contribution in [0.15, 0.2) is 102 Å². The van der Waals surface area contributed by atoms with E-state index in [-0.39, 0.29) is 36.8 Å². The number of rotatable bonds is 18. The number of methoxy groups -OCH3 is 1. The molecule has 0 aliphatic rings. The first-order chi connectivity index (χ1) is 23.0. The molecule has 3 aromatic rings. The lowest BCUT2D eigenvalue weighted by atomic mass is 9.84. The highest BCUT2D eigenvalue weighted by atomic mass is 32.2. The molecule has 0 bridgehead atoms. The van der Waals surface area contributed by atoms with Gasteiger partial charge in [0.05, 0.1) is 37.3 Å². The van der Waals surface area contributed by atoms with E-state index in [0.717, 1.165) is 16.0 Å². The third-order valence-electron chi connectivity index (χ3n) is 8.47. The highest BCUT2D eigenvalue weighted by Gasteiger charge is 2.38. The zero-order valence-electron chi connectivity index (χ0n) is 28.0. The second-order valence-electron chi connectivity index (χ2n) is 12.2. The summed E-state index contributed by atoms with van der Waals surface area (Å²) in [7, 11) is -2.81. The van der Waals surface area contributed by atoms with E-state index in [2.05, 4.69) is 6.58 Å². The van der Waals surface area contributed by atoms with Crippen LogP contribution < -0.4 is 5.73 Å². The maximum Gasteiger partial charge on any atom is 0.416 e. The monoisotopic (exact) mass is 679 g/mol. The molecule has 0 aliphatic heterocycles. The molecule has 0 saturated heterocycles. The van der Waals surface area contributed by atoms with E-state index < -0.39 is 52.7 Å². The van der Waals surface area contributed by atoms with Crippen LogP contribution in [-0.4, -0.2) is 78.2 Å². The van der Waals surface area contributed by atoms with E-state index in [1.807, 2.05) is 74.5 Å². The Labute approximate surface area is 284 Å². The molecule has 3 rings (SSSR count). The zero-order chi connectivity index (χ0) is 35.3. The van der Waals surface area contributed by atoms with Crippen LogP contribution in [0.25, 0.3) is 0 Å². The lowest BCUT2D eigenvalue weighted by molar-refractivity contribution is -0.132. The van der Waals surface area contributed by atoms with Gasteiger partial charge < -0.3 is 20.7 Å². The second kappa shape index (κ2) is 18.6. The van der Waals surface area contributed by atoms with Crippen molar-refractivity contribution in [1.29, 1.82) is 0 Å². The fourth-order valence-electron chi connectivity index (χ4n) is 5.75. The van der Waals surface area contributed by atoms with Gasteiger partial charge in [-0.25, -0.2) is 18.1 Å². The van der Waals surface area contributed by atoms with Crippen LogP contribution >= 0.6 is 0 Å². The summed E-state index contributed by atoms with van der Waals surface area (Å²) < 4.78 is 34.0. The van der Waals surface area contributed by atoms with Gasteiger partial charge in [-0.1, -0.05) is 92.7 Å². The van der Waals surface area contributed by atoms with Crippen molar-refractivity contribution in [3.05, 3.63) is 114 Å². The summed E-state index contributed by atoms with van der Waals surface area (Å²) in [5.41, 5.74) is 8.88. The molecule has 0 spiro atoms. The van der Waals surface area contributed by atoms with E-state index in [4.69, 9.17) is 10.5 Å². The largest absolute Gasteiger partial charge is 0.452 e. The van der Waals surface area contributed by atoms with Crippen LogP contribution in [0.3, 0.4) is 0 Å². The molecular formula is C37H49N3O7S. The number of sulfonamides is 1. The van der Waals surface area contributed by atoms with Crippen LogP contribution in [-0.2, 0) is 26.2 Å². The second-order valence-corrected chi connectivity index (χ2v) is 14.1. The fourth-order valence-corrected chi connectivity index (χ4v) is 7.41. The zero-order valence-corrected chi connectivity index (χ0v) is 28.8. The minimum Gasteiger partial charge on any atom is -0.452 e. The normalized spacial score (nSPS) is 13.7. The van der Waals surface area contributed by atoms with Crippen LogP contribution in [0, 0.1) is 5.92 Å². The van der Waals surface area contributed by atoms with Gasteiger partial charge in [0.15, 0.2) is 0 Å². The highest BCUT2D eigenvalue weighted by molar-refractivity contribution is 7.89. The topological polar surface area (TPSA) is 150 Å². The first kappa shape index (κ1) is 38.6. The van der Waals surface area contributed by atoms with Gasteiger partial charge in [-0.3, -0.25) is 4.79 Å². The third kappa shape index (κ3) is 9.83. The molecule has 10 nitrogen and oxygen atoms in total. The summed E-state index contributed by atoms with van der Waals surface area (Å²) in [6.45, 7) is 7.42. The number of hydrogen-bond donors (Lipinski definition) is 3. The summed E-state index contributed by atoms with van der Waals surface area (Å²) in [6.07, 6.45) is 2.00. The molecule has 0 aliphatic carbocycles. The average molecular weight is 680 g/mol. The van der Waals surface area contributed by atoms with E-state index >= 15 is 0 Å². The maximum atomic E-state index is 14.1. The molecule has 4 N–H and O–H groups in total. The molecule has 0 fully saturated rings. The number of nitrogens with two attached hydrogens (primary N) is 1. The Morgan fingerprint density at radius 2 is 1.46 bits per heavy atom. The van der Waals surface area contributed by atoms with Gasteiger partial charge in [0.2, 0.25) is 15.9 Å². The SMILES string of the molecule is C=C[C@H](CCC[C@@H](CO)N(CCC(C)C)S(=O)(=O)c1ccc(CO)cc1)N(C(=O)OC)C(=O)[C@@H](N)C(c1ccccc1)c1ccccc1. The molecule has 0 aromatic heterocycles. The van der Waals surface area contributed by atoms with Crippen LogP contribution in [0.5, 0.6) is 0 Å². The van der Waals surface area contributed by atoms with E-state index in [0.29, 0.717) is 18.4 Å². The summed E-state index contributed by atoms with van der Waals surface area (Å²) in [5.74, 6) is -0.985. The number of amides is 2. The first-order valence-corrected chi connectivity index (χ1v) is 17.7. The standard InChI is InChI=1S/C37H49N3O7S/c1-5-31(17-12-18-32(26-42)39(24-23-27(2)3)48(45,46)33-21-19-28(25-41)20-22-33)40(37(44)47-4)36(43)35(38)34(29-13-8-6-9-14-29)30-15-10-7-11-16-30/h5-11,13-16,19-22,27,31-32,34-35,41-42H,1,12,17-18,23-26,38H2,2-4H3/t31-,32+,35+/m1/s1. The van der Waals surface area contributed by atoms with Crippen molar-refractivity contribution in [2.75, 3.05) is 20.3 Å². The Hall–Kier alpha value is -3.87. The molecule has 0 heterocycles. The number of carbonyl (C=O) groups is 2. The number of nitrogens with zero attached hydrogens (tertiary/aromatic N) is 2. The predicted molar refractivity (Wildman–Crippen MR) is 186 cm³/mol. The van der Waals surface area contributed by atoms with Crippen molar-refractivity contribution >= 4 is 22.0 Å². The minimum atomic E-state index is -3.99. The Kier molecular flexibility index (Phi) is 15.0. The predicted octanol–water partition coefficient (Wildman–Crippen LogP) is 5.06. The molecular weight excluding hydrogens is 630 g/mol. The summed E-state index contributed by atoms with van der Waals surface area (Å²) in [5, 5.41) is 19.8.